The number of carbonyl (C=O) groups is 2. The zero-order valence-corrected chi connectivity index (χ0v) is 21.0. The van der Waals surface area contributed by atoms with Crippen LogP contribution in [0.3, 0.4) is 0 Å². The Morgan fingerprint density at radius 3 is 2.51 bits per heavy atom. The fraction of sp³-hybridized carbons (Fsp3) is 0.222. The number of carbonyl (C=O) groups excluding carboxylic acids is 2. The predicted molar refractivity (Wildman–Crippen MR) is 135 cm³/mol. The maximum Gasteiger partial charge on any atom is 0.295 e. The number of aromatic nitrogens is 1. The first-order valence-electron chi connectivity index (χ1n) is 11.1. The number of ether oxygens (including phenoxy) is 1. The summed E-state index contributed by atoms with van der Waals surface area (Å²) in [5, 5.41) is 12.0. The Hall–Kier alpha value is -3.35. The summed E-state index contributed by atoms with van der Waals surface area (Å²) in [6.45, 7) is 5.77. The summed E-state index contributed by atoms with van der Waals surface area (Å²) in [6.07, 6.45) is 3.24. The number of rotatable bonds is 6. The van der Waals surface area contributed by atoms with Crippen LogP contribution in [0, 0.1) is 6.92 Å². The van der Waals surface area contributed by atoms with Gasteiger partial charge in [0.1, 0.15) is 11.5 Å². The molecular formula is C27H24Cl2N2O4. The summed E-state index contributed by atoms with van der Waals surface area (Å²) in [5.74, 6) is -1.11. The summed E-state index contributed by atoms with van der Waals surface area (Å²) in [5.41, 5.74) is 2.42. The molecule has 6 nitrogen and oxygen atoms in total. The number of aliphatic hydroxyl groups is 1. The molecule has 1 atom stereocenters. The molecule has 2 heterocycles. The van der Waals surface area contributed by atoms with Crippen molar-refractivity contribution in [3.63, 3.8) is 0 Å². The molecule has 0 spiro atoms. The summed E-state index contributed by atoms with van der Waals surface area (Å²) >= 11 is 12.4. The molecule has 1 aliphatic heterocycles. The Kier molecular flexibility index (Phi) is 7.15. The summed E-state index contributed by atoms with van der Waals surface area (Å²) < 4.78 is 5.73. The molecule has 2 aromatic carbocycles. The number of likely N-dealkylation sites (tertiary alicyclic amines) is 1. The van der Waals surface area contributed by atoms with Gasteiger partial charge in [-0.15, -0.1) is 0 Å². The number of benzene rings is 2. The van der Waals surface area contributed by atoms with E-state index in [0.29, 0.717) is 27.5 Å². The van der Waals surface area contributed by atoms with E-state index in [-0.39, 0.29) is 29.0 Å². The first kappa shape index (κ1) is 24.8. The van der Waals surface area contributed by atoms with Gasteiger partial charge in [-0.2, -0.15) is 0 Å². The van der Waals surface area contributed by atoms with Crippen molar-refractivity contribution < 1.29 is 19.4 Å². The Morgan fingerprint density at radius 1 is 1.11 bits per heavy atom. The van der Waals surface area contributed by atoms with Crippen molar-refractivity contribution in [2.24, 2.45) is 0 Å². The van der Waals surface area contributed by atoms with Crippen molar-refractivity contribution in [1.82, 2.24) is 9.88 Å². The maximum atomic E-state index is 13.3. The molecule has 1 saturated heterocycles. The van der Waals surface area contributed by atoms with Crippen LogP contribution in [-0.4, -0.2) is 32.8 Å². The van der Waals surface area contributed by atoms with E-state index in [9.17, 15) is 14.7 Å². The molecule has 3 aromatic rings. The molecule has 35 heavy (non-hydrogen) atoms. The van der Waals surface area contributed by atoms with Crippen molar-refractivity contribution >= 4 is 40.7 Å². The number of hydrogen-bond donors (Lipinski definition) is 1. The summed E-state index contributed by atoms with van der Waals surface area (Å²) in [4.78, 5) is 32.0. The topological polar surface area (TPSA) is 79.7 Å². The molecule has 1 N–H and O–H groups in total. The molecule has 0 radical (unpaired) electrons. The summed E-state index contributed by atoms with van der Waals surface area (Å²) in [7, 11) is 0. The highest BCUT2D eigenvalue weighted by molar-refractivity contribution is 6.46. The first-order chi connectivity index (χ1) is 16.7. The van der Waals surface area contributed by atoms with Crippen molar-refractivity contribution in [2.75, 3.05) is 0 Å². The van der Waals surface area contributed by atoms with E-state index in [2.05, 4.69) is 4.98 Å². The lowest BCUT2D eigenvalue weighted by Crippen LogP contribution is -2.29. The fourth-order valence-electron chi connectivity index (χ4n) is 4.15. The third-order valence-electron chi connectivity index (χ3n) is 5.70. The molecule has 0 aliphatic carbocycles. The van der Waals surface area contributed by atoms with Crippen molar-refractivity contribution in [3.8, 4) is 5.75 Å². The lowest BCUT2D eigenvalue weighted by molar-refractivity contribution is -0.140. The highest BCUT2D eigenvalue weighted by atomic mass is 35.5. The van der Waals surface area contributed by atoms with Crippen LogP contribution in [0.15, 0.2) is 66.5 Å². The van der Waals surface area contributed by atoms with Crippen LogP contribution in [0.1, 0.15) is 42.1 Å². The van der Waals surface area contributed by atoms with Crippen LogP contribution < -0.4 is 4.74 Å². The molecule has 0 saturated carbocycles. The number of aliphatic hydroxyl groups excluding tert-OH is 1. The Balaban J connectivity index is 1.86. The van der Waals surface area contributed by atoms with Gasteiger partial charge in [-0.3, -0.25) is 14.6 Å². The quantitative estimate of drug-likeness (QED) is 0.246. The van der Waals surface area contributed by atoms with Crippen LogP contribution in [0.4, 0.5) is 0 Å². The van der Waals surface area contributed by atoms with Crippen LogP contribution in [0.2, 0.25) is 10.0 Å². The predicted octanol–water partition coefficient (Wildman–Crippen LogP) is 6.11. The van der Waals surface area contributed by atoms with Crippen LogP contribution in [0.5, 0.6) is 5.75 Å². The maximum absolute atomic E-state index is 13.3. The second-order valence-corrected chi connectivity index (χ2v) is 9.42. The monoisotopic (exact) mass is 510 g/mol. The van der Waals surface area contributed by atoms with E-state index in [1.54, 1.807) is 54.9 Å². The largest absolute Gasteiger partial charge is 0.507 e. The average Bonchev–Trinajstić information content (AvgIpc) is 3.06. The molecule has 180 valence electrons. The lowest BCUT2D eigenvalue weighted by atomic mass is 9.93. The van der Waals surface area contributed by atoms with Gasteiger partial charge in [0.25, 0.3) is 11.7 Å². The molecule has 0 bridgehead atoms. The minimum atomic E-state index is -0.865. The number of amides is 1. The van der Waals surface area contributed by atoms with Crippen LogP contribution in [0.25, 0.3) is 5.76 Å². The van der Waals surface area contributed by atoms with Gasteiger partial charge in [-0.1, -0.05) is 35.3 Å². The van der Waals surface area contributed by atoms with Gasteiger partial charge >= 0.3 is 0 Å². The standard InChI is InChI=1S/C27H24Cl2N2O4/c1-15(2)35-19-7-8-20(16(3)11-19)25(32)23-24(18-6-9-21(28)22(29)12-18)31(27(34)26(23)33)14-17-5-4-10-30-13-17/h4-13,15,24,32H,14H2,1-3H3/b25-23+/t24-/m0/s1. The molecular weight excluding hydrogens is 487 g/mol. The van der Waals surface area contributed by atoms with Crippen molar-refractivity contribution in [1.29, 1.82) is 0 Å². The normalized spacial score (nSPS) is 17.3. The third-order valence-corrected chi connectivity index (χ3v) is 6.44. The zero-order valence-electron chi connectivity index (χ0n) is 19.5. The van der Waals surface area contributed by atoms with Gasteiger partial charge in [0.05, 0.1) is 27.8 Å². The Labute approximate surface area is 213 Å². The van der Waals surface area contributed by atoms with Crippen molar-refractivity contribution in [3.05, 3.63) is 98.8 Å². The van der Waals surface area contributed by atoms with E-state index >= 15 is 0 Å². The molecule has 4 rings (SSSR count). The van der Waals surface area contributed by atoms with E-state index in [0.717, 1.165) is 5.56 Å². The second-order valence-electron chi connectivity index (χ2n) is 8.61. The third kappa shape index (κ3) is 5.04. The minimum absolute atomic E-state index is 0.0127. The smallest absolute Gasteiger partial charge is 0.295 e. The highest BCUT2D eigenvalue weighted by Crippen LogP contribution is 2.42. The van der Waals surface area contributed by atoms with Gasteiger partial charge in [-0.05, 0) is 73.9 Å². The lowest BCUT2D eigenvalue weighted by Gasteiger charge is -2.25. The molecule has 8 heteroatoms. The number of pyridine rings is 1. The van der Waals surface area contributed by atoms with Crippen LogP contribution >= 0.6 is 23.2 Å². The van der Waals surface area contributed by atoms with Gasteiger partial charge in [0.2, 0.25) is 0 Å². The van der Waals surface area contributed by atoms with Gasteiger partial charge < -0.3 is 14.7 Å². The van der Waals surface area contributed by atoms with Gasteiger partial charge in [0, 0.05) is 24.5 Å². The molecule has 1 aliphatic rings. The number of aryl methyl sites for hydroxylation is 1. The number of Topliss-reactive ketones (excluding diaryl/α,β-unsaturated/α-hetero) is 1. The minimum Gasteiger partial charge on any atom is -0.507 e. The Morgan fingerprint density at radius 2 is 1.89 bits per heavy atom. The fourth-order valence-corrected chi connectivity index (χ4v) is 4.46. The Bertz CT molecular complexity index is 1320. The zero-order chi connectivity index (χ0) is 25.3. The van der Waals surface area contributed by atoms with E-state index in [1.165, 1.54) is 4.90 Å². The van der Waals surface area contributed by atoms with Gasteiger partial charge in [-0.25, -0.2) is 0 Å². The first-order valence-corrected chi connectivity index (χ1v) is 11.8. The average molecular weight is 511 g/mol. The molecule has 1 aromatic heterocycles. The highest BCUT2D eigenvalue weighted by Gasteiger charge is 2.46. The van der Waals surface area contributed by atoms with Gasteiger partial charge in [0.15, 0.2) is 0 Å². The molecule has 0 unspecified atom stereocenters. The summed E-state index contributed by atoms with van der Waals surface area (Å²) in [6, 6.07) is 12.8. The number of hydrogen-bond acceptors (Lipinski definition) is 5. The van der Waals surface area contributed by atoms with E-state index in [4.69, 9.17) is 27.9 Å². The molecule has 1 fully saturated rings. The van der Waals surface area contributed by atoms with Crippen LogP contribution in [-0.2, 0) is 16.1 Å². The van der Waals surface area contributed by atoms with E-state index < -0.39 is 17.7 Å². The number of ketones is 1. The number of nitrogens with zero attached hydrogens (tertiary/aromatic N) is 2. The molecule has 1 amide bonds. The van der Waals surface area contributed by atoms with E-state index in [1.807, 2.05) is 26.8 Å². The second kappa shape index (κ2) is 10.1. The van der Waals surface area contributed by atoms with Crippen molar-refractivity contribution in [2.45, 2.75) is 39.5 Å². The SMILES string of the molecule is Cc1cc(OC(C)C)ccc1/C(O)=C1\C(=O)C(=O)N(Cc2cccnc2)[C@H]1c1ccc(Cl)c(Cl)c1. The number of halogens is 2.